The Hall–Kier alpha value is -0.700. The quantitative estimate of drug-likeness (QED) is 0.295. The van der Waals surface area contributed by atoms with Gasteiger partial charge in [-0.15, -0.1) is 0 Å². The summed E-state index contributed by atoms with van der Waals surface area (Å²) in [5, 5.41) is 56.4. The number of rotatable bonds is 2. The molecule has 5 atom stereocenters. The van der Waals surface area contributed by atoms with Gasteiger partial charge < -0.3 is 35.4 Å². The normalized spacial score (nSPS) is 45.8. The van der Waals surface area contributed by atoms with Gasteiger partial charge in [-0.25, -0.2) is 0 Å². The number of hydrogen-bond acceptors (Lipinski definition) is 7. The van der Waals surface area contributed by atoms with Gasteiger partial charge in [0.25, 0.3) is 5.79 Å². The zero-order valence-corrected chi connectivity index (χ0v) is 8.69. The van der Waals surface area contributed by atoms with Gasteiger partial charge in [-0.2, -0.15) is 0 Å². The lowest BCUT2D eigenvalue weighted by Crippen LogP contribution is -2.65. The second-order valence-electron chi connectivity index (χ2n) is 3.64. The highest BCUT2D eigenvalue weighted by Crippen LogP contribution is 2.32. The van der Waals surface area contributed by atoms with Gasteiger partial charge in [-0.1, -0.05) is 0 Å². The first-order chi connectivity index (χ1) is 7.38. The van der Waals surface area contributed by atoms with E-state index < -0.39 is 42.6 Å². The molecule has 0 amide bonds. The molecule has 1 aliphatic heterocycles. The predicted molar refractivity (Wildman–Crippen MR) is 51.3 cm³/mol. The summed E-state index contributed by atoms with van der Waals surface area (Å²) < 4.78 is 4.80. The third kappa shape index (κ3) is 1.93. The molecule has 0 aliphatic carbocycles. The van der Waals surface area contributed by atoms with Crippen LogP contribution >= 0.6 is 0 Å². The molecule has 0 radical (unpaired) electrons. The molecule has 94 valence electrons. The minimum atomic E-state index is -2.53. The number of aliphatic hydroxyl groups is 6. The average Bonchev–Trinajstić information content (AvgIpc) is 2.30. The maximum atomic E-state index is 9.83. The van der Waals surface area contributed by atoms with E-state index in [1.165, 1.54) is 6.92 Å². The highest BCUT2D eigenvalue weighted by molar-refractivity contribution is 5.11. The molecule has 0 aromatic carbocycles. The molecule has 16 heavy (non-hydrogen) atoms. The lowest BCUT2D eigenvalue weighted by Gasteiger charge is -2.44. The van der Waals surface area contributed by atoms with Crippen LogP contribution in [0.5, 0.6) is 0 Å². The Kier molecular flexibility index (Phi) is 3.89. The maximum absolute atomic E-state index is 9.83. The fourth-order valence-electron chi connectivity index (χ4n) is 1.57. The van der Waals surface area contributed by atoms with Crippen LogP contribution in [0.4, 0.5) is 0 Å². The summed E-state index contributed by atoms with van der Waals surface area (Å²) in [4.78, 5) is 0. The fraction of sp³-hybridized carbons (Fsp3) is 0.778. The van der Waals surface area contributed by atoms with Crippen molar-refractivity contribution in [3.8, 4) is 0 Å². The Labute approximate surface area is 91.8 Å². The molecule has 0 bridgehead atoms. The minimum Gasteiger partial charge on any atom is -0.507 e. The van der Waals surface area contributed by atoms with Crippen LogP contribution in [0.1, 0.15) is 6.92 Å². The van der Waals surface area contributed by atoms with Crippen molar-refractivity contribution in [2.45, 2.75) is 37.1 Å². The molecule has 0 aromatic heterocycles. The van der Waals surface area contributed by atoms with Crippen LogP contribution in [-0.4, -0.2) is 67.4 Å². The van der Waals surface area contributed by atoms with Gasteiger partial charge in [0.2, 0.25) is 0 Å². The molecular formula is C9H16O7. The third-order valence-corrected chi connectivity index (χ3v) is 2.61. The zero-order valence-electron chi connectivity index (χ0n) is 8.69. The summed E-state index contributed by atoms with van der Waals surface area (Å²) in [7, 11) is 0. The van der Waals surface area contributed by atoms with Crippen molar-refractivity contribution in [3.05, 3.63) is 11.8 Å². The molecule has 1 heterocycles. The van der Waals surface area contributed by atoms with Crippen LogP contribution in [0.25, 0.3) is 0 Å². The topological polar surface area (TPSA) is 131 Å². The molecule has 7 heteroatoms. The first kappa shape index (κ1) is 13.4. The smallest absolute Gasteiger partial charge is 0.254 e. The molecule has 0 saturated carbocycles. The molecule has 1 saturated heterocycles. The van der Waals surface area contributed by atoms with Crippen molar-refractivity contribution < 1.29 is 35.4 Å². The molecule has 1 fully saturated rings. The van der Waals surface area contributed by atoms with Crippen molar-refractivity contribution in [1.82, 2.24) is 0 Å². The first-order valence-corrected chi connectivity index (χ1v) is 4.79. The summed E-state index contributed by atoms with van der Waals surface area (Å²) in [6.45, 7) is 0.707. The van der Waals surface area contributed by atoms with Crippen LogP contribution in [-0.2, 0) is 4.74 Å². The van der Waals surface area contributed by atoms with E-state index in [0.717, 1.165) is 6.08 Å². The van der Waals surface area contributed by atoms with Crippen molar-refractivity contribution in [3.63, 3.8) is 0 Å². The van der Waals surface area contributed by atoms with Gasteiger partial charge in [0.15, 0.2) is 5.76 Å². The average molecular weight is 236 g/mol. The Bertz CT molecular complexity index is 277. The van der Waals surface area contributed by atoms with E-state index in [4.69, 9.17) is 9.84 Å². The van der Waals surface area contributed by atoms with Crippen molar-refractivity contribution in [2.75, 3.05) is 6.61 Å². The van der Waals surface area contributed by atoms with E-state index in [0.29, 0.717) is 0 Å². The molecule has 0 unspecified atom stereocenters. The number of aliphatic hydroxyl groups excluding tert-OH is 5. The fourth-order valence-corrected chi connectivity index (χ4v) is 1.57. The predicted octanol–water partition coefficient (Wildman–Crippen LogP) is -2.39. The van der Waals surface area contributed by atoms with Gasteiger partial charge in [0.1, 0.15) is 24.4 Å². The van der Waals surface area contributed by atoms with Gasteiger partial charge in [-0.3, -0.25) is 0 Å². The Morgan fingerprint density at radius 2 is 1.88 bits per heavy atom. The third-order valence-electron chi connectivity index (χ3n) is 2.61. The molecule has 6 N–H and O–H groups in total. The molecule has 0 aromatic rings. The van der Waals surface area contributed by atoms with Crippen molar-refractivity contribution in [2.24, 2.45) is 0 Å². The van der Waals surface area contributed by atoms with Gasteiger partial charge in [-0.05, 0) is 13.0 Å². The molecular weight excluding hydrogens is 220 g/mol. The molecule has 1 aliphatic rings. The molecule has 1 rings (SSSR count). The summed E-state index contributed by atoms with van der Waals surface area (Å²) >= 11 is 0. The van der Waals surface area contributed by atoms with E-state index in [-0.39, 0.29) is 0 Å². The van der Waals surface area contributed by atoms with Crippen LogP contribution in [0.15, 0.2) is 11.8 Å². The largest absolute Gasteiger partial charge is 0.507 e. The second kappa shape index (κ2) is 4.66. The van der Waals surface area contributed by atoms with E-state index in [1.54, 1.807) is 0 Å². The Morgan fingerprint density at radius 1 is 1.31 bits per heavy atom. The number of allylic oxidation sites excluding steroid dienone is 1. The summed E-state index contributed by atoms with van der Waals surface area (Å²) in [5.41, 5.74) is 0. The van der Waals surface area contributed by atoms with Crippen LogP contribution < -0.4 is 0 Å². The van der Waals surface area contributed by atoms with Crippen LogP contribution in [0.3, 0.4) is 0 Å². The number of hydrogen-bond donors (Lipinski definition) is 6. The standard InChI is InChI=1S/C9H16O7/c1-2-5(11)9(15)8(14)7(13)6(12)4(3-10)16-9/h2,4,6-8,10-15H,3H2,1H3/b5-2+/t4-,6-,7+,8+,9-/m1/s1. The number of ether oxygens (including phenoxy) is 1. The SMILES string of the molecule is C/C=C(/O)[C@@]1(O)O[C@H](CO)[C@@H](O)[C@H](O)[C@@H]1O. The Balaban J connectivity index is 3.03. The highest BCUT2D eigenvalue weighted by atomic mass is 16.7. The summed E-state index contributed by atoms with van der Waals surface area (Å²) in [5.74, 6) is -3.23. The monoisotopic (exact) mass is 236 g/mol. The van der Waals surface area contributed by atoms with E-state index in [2.05, 4.69) is 0 Å². The van der Waals surface area contributed by atoms with Crippen LogP contribution in [0.2, 0.25) is 0 Å². The minimum absolute atomic E-state index is 0.676. The van der Waals surface area contributed by atoms with Gasteiger partial charge in [0.05, 0.1) is 6.61 Å². The zero-order chi connectivity index (χ0) is 12.5. The van der Waals surface area contributed by atoms with E-state index in [1.807, 2.05) is 0 Å². The Morgan fingerprint density at radius 3 is 2.31 bits per heavy atom. The van der Waals surface area contributed by atoms with Crippen molar-refractivity contribution in [1.29, 1.82) is 0 Å². The first-order valence-electron chi connectivity index (χ1n) is 4.79. The summed E-state index contributed by atoms with van der Waals surface area (Å²) in [6.07, 6.45) is -5.43. The lowest BCUT2D eigenvalue weighted by atomic mass is 9.91. The van der Waals surface area contributed by atoms with Crippen LogP contribution in [0, 0.1) is 0 Å². The van der Waals surface area contributed by atoms with Crippen molar-refractivity contribution >= 4 is 0 Å². The van der Waals surface area contributed by atoms with Gasteiger partial charge in [0, 0.05) is 0 Å². The highest BCUT2D eigenvalue weighted by Gasteiger charge is 2.54. The van der Waals surface area contributed by atoms with E-state index >= 15 is 0 Å². The lowest BCUT2D eigenvalue weighted by molar-refractivity contribution is -0.341. The molecule has 0 spiro atoms. The maximum Gasteiger partial charge on any atom is 0.254 e. The summed E-state index contributed by atoms with van der Waals surface area (Å²) in [6, 6.07) is 0. The van der Waals surface area contributed by atoms with E-state index in [9.17, 15) is 25.5 Å². The van der Waals surface area contributed by atoms with Gasteiger partial charge >= 0.3 is 0 Å². The second-order valence-corrected chi connectivity index (χ2v) is 3.64. The molecule has 7 nitrogen and oxygen atoms in total.